The molecular formula is C12H14N4O3S. The molecule has 1 N–H and O–H groups in total. The summed E-state index contributed by atoms with van der Waals surface area (Å²) in [5.41, 5.74) is 0.780. The largest absolute Gasteiger partial charge is 0.464 e. The molecule has 0 aliphatic heterocycles. The van der Waals surface area contributed by atoms with Crippen LogP contribution in [0.5, 0.6) is 0 Å². The van der Waals surface area contributed by atoms with Gasteiger partial charge in [-0.25, -0.2) is 9.78 Å². The van der Waals surface area contributed by atoms with E-state index in [1.807, 2.05) is 13.1 Å². The van der Waals surface area contributed by atoms with Crippen molar-refractivity contribution in [2.75, 3.05) is 12.4 Å². The molecule has 2 aromatic rings. The highest BCUT2D eigenvalue weighted by atomic mass is 32.1. The van der Waals surface area contributed by atoms with Gasteiger partial charge in [-0.05, 0) is 6.92 Å². The number of thiazole rings is 1. The standard InChI is InChI=1S/C12H14N4O3S/c1-4-16-6-8(5-13-16)14-12-15-9(11(18)19-3)10(20-12)7(2)17/h5-6H,4H2,1-3H3,(H,14,15). The summed E-state index contributed by atoms with van der Waals surface area (Å²) >= 11 is 1.11. The van der Waals surface area contributed by atoms with Crippen LogP contribution in [0.15, 0.2) is 12.4 Å². The fourth-order valence-electron chi connectivity index (χ4n) is 1.57. The average molecular weight is 294 g/mol. The lowest BCUT2D eigenvalue weighted by atomic mass is 10.3. The molecule has 0 atom stereocenters. The SMILES string of the molecule is CCn1cc(Nc2nc(C(=O)OC)c(C(C)=O)s2)cn1. The van der Waals surface area contributed by atoms with Gasteiger partial charge in [0, 0.05) is 19.7 Å². The lowest BCUT2D eigenvalue weighted by molar-refractivity contribution is 0.0591. The van der Waals surface area contributed by atoms with Crippen LogP contribution in [0.3, 0.4) is 0 Å². The summed E-state index contributed by atoms with van der Waals surface area (Å²) in [5, 5.41) is 7.59. The zero-order valence-corrected chi connectivity index (χ0v) is 12.2. The Hall–Kier alpha value is -2.22. The molecule has 0 fully saturated rings. The number of ether oxygens (including phenoxy) is 1. The quantitative estimate of drug-likeness (QED) is 0.671. The summed E-state index contributed by atoms with van der Waals surface area (Å²) in [6, 6.07) is 0. The molecule has 0 aromatic carbocycles. The van der Waals surface area contributed by atoms with Crippen molar-refractivity contribution in [2.45, 2.75) is 20.4 Å². The molecule has 0 saturated heterocycles. The summed E-state index contributed by atoms with van der Waals surface area (Å²) in [5.74, 6) is -0.844. The normalized spacial score (nSPS) is 10.3. The Labute approximate surface area is 119 Å². The second-order valence-corrected chi connectivity index (χ2v) is 4.95. The highest BCUT2D eigenvalue weighted by Gasteiger charge is 2.21. The van der Waals surface area contributed by atoms with Crippen LogP contribution in [0.1, 0.15) is 34.0 Å². The van der Waals surface area contributed by atoms with Gasteiger partial charge in [-0.3, -0.25) is 9.48 Å². The summed E-state index contributed by atoms with van der Waals surface area (Å²) in [6.45, 7) is 4.12. The summed E-state index contributed by atoms with van der Waals surface area (Å²) in [6.07, 6.45) is 3.46. The first-order valence-electron chi connectivity index (χ1n) is 5.94. The van der Waals surface area contributed by atoms with Crippen LogP contribution < -0.4 is 5.32 Å². The topological polar surface area (TPSA) is 86.1 Å². The van der Waals surface area contributed by atoms with Gasteiger partial charge in [0.25, 0.3) is 0 Å². The molecule has 2 heterocycles. The van der Waals surface area contributed by atoms with Gasteiger partial charge in [0.1, 0.15) is 4.88 Å². The Morgan fingerprint density at radius 1 is 1.50 bits per heavy atom. The maximum absolute atomic E-state index is 11.6. The maximum Gasteiger partial charge on any atom is 0.358 e. The van der Waals surface area contributed by atoms with Crippen LogP contribution in [0.25, 0.3) is 0 Å². The van der Waals surface area contributed by atoms with Crippen molar-refractivity contribution in [3.63, 3.8) is 0 Å². The number of Topliss-reactive ketones (excluding diaryl/α,β-unsaturated/α-hetero) is 1. The second kappa shape index (κ2) is 5.83. The van der Waals surface area contributed by atoms with Crippen molar-refractivity contribution in [2.24, 2.45) is 0 Å². The monoisotopic (exact) mass is 294 g/mol. The number of nitrogens with one attached hydrogen (secondary N) is 1. The number of hydrogen-bond acceptors (Lipinski definition) is 7. The van der Waals surface area contributed by atoms with E-state index in [4.69, 9.17) is 0 Å². The minimum atomic E-state index is -0.622. The van der Waals surface area contributed by atoms with E-state index in [0.29, 0.717) is 5.13 Å². The number of aromatic nitrogens is 3. The van der Waals surface area contributed by atoms with E-state index in [1.165, 1.54) is 14.0 Å². The number of nitrogens with zero attached hydrogens (tertiary/aromatic N) is 3. The zero-order valence-electron chi connectivity index (χ0n) is 11.3. The Morgan fingerprint density at radius 3 is 2.80 bits per heavy atom. The fourth-order valence-corrected chi connectivity index (χ4v) is 2.44. The molecule has 0 aliphatic carbocycles. The summed E-state index contributed by atoms with van der Waals surface area (Å²) in [4.78, 5) is 27.5. The molecule has 7 nitrogen and oxygen atoms in total. The van der Waals surface area contributed by atoms with Gasteiger partial charge in [0.05, 0.1) is 19.0 Å². The average Bonchev–Trinajstić information content (AvgIpc) is 3.05. The molecule has 0 aliphatic rings. The van der Waals surface area contributed by atoms with E-state index in [-0.39, 0.29) is 16.4 Å². The van der Waals surface area contributed by atoms with Crippen LogP contribution in [-0.4, -0.2) is 33.6 Å². The number of methoxy groups -OCH3 is 1. The van der Waals surface area contributed by atoms with Crippen LogP contribution in [0.2, 0.25) is 0 Å². The third-order valence-electron chi connectivity index (χ3n) is 2.53. The molecule has 0 saturated carbocycles. The minimum Gasteiger partial charge on any atom is -0.464 e. The number of ketones is 1. The number of esters is 1. The molecule has 2 aromatic heterocycles. The molecule has 8 heteroatoms. The van der Waals surface area contributed by atoms with Crippen molar-refractivity contribution >= 4 is 33.9 Å². The second-order valence-electron chi connectivity index (χ2n) is 3.95. The van der Waals surface area contributed by atoms with E-state index in [9.17, 15) is 9.59 Å². The number of hydrogen-bond donors (Lipinski definition) is 1. The van der Waals surface area contributed by atoms with Crippen LogP contribution in [0.4, 0.5) is 10.8 Å². The highest BCUT2D eigenvalue weighted by molar-refractivity contribution is 7.17. The van der Waals surface area contributed by atoms with E-state index >= 15 is 0 Å². The first-order chi connectivity index (χ1) is 9.55. The predicted molar refractivity (Wildman–Crippen MR) is 74.6 cm³/mol. The van der Waals surface area contributed by atoms with Gasteiger partial charge in [0.15, 0.2) is 16.6 Å². The molecule has 0 bridgehead atoms. The molecule has 2 rings (SSSR count). The smallest absolute Gasteiger partial charge is 0.358 e. The maximum atomic E-state index is 11.6. The van der Waals surface area contributed by atoms with Crippen molar-refractivity contribution in [1.29, 1.82) is 0 Å². The van der Waals surface area contributed by atoms with Crippen LogP contribution in [-0.2, 0) is 11.3 Å². The Morgan fingerprint density at radius 2 is 2.25 bits per heavy atom. The lowest BCUT2D eigenvalue weighted by Crippen LogP contribution is -2.07. The molecule has 0 amide bonds. The van der Waals surface area contributed by atoms with E-state index < -0.39 is 5.97 Å². The minimum absolute atomic E-state index is 0.0374. The first kappa shape index (κ1) is 14.2. The first-order valence-corrected chi connectivity index (χ1v) is 6.76. The zero-order chi connectivity index (χ0) is 14.7. The van der Waals surface area contributed by atoms with Gasteiger partial charge in [-0.15, -0.1) is 0 Å². The predicted octanol–water partition coefficient (Wildman–Crippen LogP) is 2.09. The number of carbonyl (C=O) groups excluding carboxylic acids is 2. The molecule has 0 radical (unpaired) electrons. The third kappa shape index (κ3) is 2.85. The van der Waals surface area contributed by atoms with E-state index in [2.05, 4.69) is 20.1 Å². The lowest BCUT2D eigenvalue weighted by Gasteiger charge is -1.96. The van der Waals surface area contributed by atoms with Gasteiger partial charge >= 0.3 is 5.97 Å². The van der Waals surface area contributed by atoms with Crippen molar-refractivity contribution in [1.82, 2.24) is 14.8 Å². The van der Waals surface area contributed by atoms with Gasteiger partial charge in [0.2, 0.25) is 0 Å². The number of aryl methyl sites for hydroxylation is 1. The molecule has 106 valence electrons. The Kier molecular flexibility index (Phi) is 4.14. The van der Waals surface area contributed by atoms with Crippen molar-refractivity contribution in [3.05, 3.63) is 23.0 Å². The van der Waals surface area contributed by atoms with Crippen molar-refractivity contribution in [3.8, 4) is 0 Å². The summed E-state index contributed by atoms with van der Waals surface area (Å²) in [7, 11) is 1.25. The third-order valence-corrected chi connectivity index (χ3v) is 3.61. The number of rotatable bonds is 5. The summed E-state index contributed by atoms with van der Waals surface area (Å²) < 4.78 is 6.37. The number of anilines is 2. The fraction of sp³-hybridized carbons (Fsp3) is 0.333. The van der Waals surface area contributed by atoms with Crippen molar-refractivity contribution < 1.29 is 14.3 Å². The van der Waals surface area contributed by atoms with E-state index in [1.54, 1.807) is 10.9 Å². The Balaban J connectivity index is 2.28. The van der Waals surface area contributed by atoms with Gasteiger partial charge in [-0.2, -0.15) is 5.10 Å². The number of carbonyl (C=O) groups is 2. The van der Waals surface area contributed by atoms with Gasteiger partial charge < -0.3 is 10.1 Å². The molecular weight excluding hydrogens is 280 g/mol. The van der Waals surface area contributed by atoms with Gasteiger partial charge in [-0.1, -0.05) is 11.3 Å². The van der Waals surface area contributed by atoms with E-state index in [0.717, 1.165) is 23.6 Å². The van der Waals surface area contributed by atoms with Crippen LogP contribution >= 0.6 is 11.3 Å². The van der Waals surface area contributed by atoms with Crippen LogP contribution in [0, 0.1) is 0 Å². The molecule has 0 unspecified atom stereocenters. The molecule has 0 spiro atoms. The highest BCUT2D eigenvalue weighted by Crippen LogP contribution is 2.26. The molecule has 20 heavy (non-hydrogen) atoms. The Bertz CT molecular complexity index is 647.